The topological polar surface area (TPSA) is 68.2 Å². The molecule has 0 spiro atoms. The van der Waals surface area contributed by atoms with E-state index in [-0.39, 0.29) is 24.1 Å². The highest BCUT2D eigenvalue weighted by Crippen LogP contribution is 2.45. The lowest BCUT2D eigenvalue weighted by Crippen LogP contribution is -2.60. The summed E-state index contributed by atoms with van der Waals surface area (Å²) >= 11 is 0. The number of para-hydroxylation sites is 2. The minimum absolute atomic E-state index is 0.0196. The normalized spacial score (nSPS) is 23.6. The molecule has 2 fully saturated rings. The molecular formula is C33H37NO5. The first-order valence-electron chi connectivity index (χ1n) is 14.3. The van der Waals surface area contributed by atoms with Gasteiger partial charge in [0.15, 0.2) is 11.5 Å². The average Bonchev–Trinajstić information content (AvgIpc) is 3.26. The molecule has 2 aliphatic heterocycles. The van der Waals surface area contributed by atoms with Gasteiger partial charge < -0.3 is 24.2 Å². The van der Waals surface area contributed by atoms with Crippen molar-refractivity contribution in [2.75, 3.05) is 19.8 Å². The summed E-state index contributed by atoms with van der Waals surface area (Å²) in [4.78, 5) is 15.4. The van der Waals surface area contributed by atoms with Gasteiger partial charge in [0, 0.05) is 24.4 Å². The highest BCUT2D eigenvalue weighted by Gasteiger charge is 2.48. The van der Waals surface area contributed by atoms with E-state index in [0.717, 1.165) is 19.3 Å². The van der Waals surface area contributed by atoms with Crippen LogP contribution < -0.4 is 9.47 Å². The van der Waals surface area contributed by atoms with Crippen LogP contribution in [-0.4, -0.2) is 53.6 Å². The number of piperidine rings is 2. The summed E-state index contributed by atoms with van der Waals surface area (Å²) in [6.07, 6.45) is 4.19. The van der Waals surface area contributed by atoms with Gasteiger partial charge in [0.25, 0.3) is 0 Å². The zero-order chi connectivity index (χ0) is 26.8. The first-order valence-corrected chi connectivity index (χ1v) is 14.3. The van der Waals surface area contributed by atoms with E-state index in [4.69, 9.17) is 14.2 Å². The molecule has 6 nitrogen and oxygen atoms in total. The van der Waals surface area contributed by atoms with Gasteiger partial charge in [0.05, 0.1) is 18.8 Å². The van der Waals surface area contributed by atoms with Crippen molar-refractivity contribution in [3.8, 4) is 22.6 Å². The van der Waals surface area contributed by atoms with E-state index < -0.39 is 5.60 Å². The highest BCUT2D eigenvalue weighted by molar-refractivity contribution is 5.79. The Morgan fingerprint density at radius 2 is 1.44 bits per heavy atom. The molecule has 0 radical (unpaired) electrons. The highest BCUT2D eigenvalue weighted by atomic mass is 16.6. The fourth-order valence-electron chi connectivity index (χ4n) is 6.89. The van der Waals surface area contributed by atoms with Crippen LogP contribution in [0.4, 0.5) is 4.79 Å². The van der Waals surface area contributed by atoms with Gasteiger partial charge in [-0.05, 0) is 73.4 Å². The van der Waals surface area contributed by atoms with Crippen LogP contribution in [0.25, 0.3) is 11.1 Å². The molecule has 1 aliphatic carbocycles. The quantitative estimate of drug-likeness (QED) is 0.360. The molecule has 6 rings (SSSR count). The number of hydrogen-bond donors (Lipinski definition) is 1. The first-order chi connectivity index (χ1) is 19.1. The summed E-state index contributed by atoms with van der Waals surface area (Å²) in [5, 5.41) is 11.6. The van der Waals surface area contributed by atoms with Crippen molar-refractivity contribution in [2.24, 2.45) is 0 Å². The van der Waals surface area contributed by atoms with Crippen molar-refractivity contribution in [1.29, 1.82) is 0 Å². The second-order valence-electron chi connectivity index (χ2n) is 11.1. The largest absolute Gasteiger partial charge is 0.490 e. The van der Waals surface area contributed by atoms with E-state index in [1.807, 2.05) is 36.1 Å². The number of aliphatic hydroxyl groups is 1. The number of amides is 1. The minimum atomic E-state index is -0.865. The van der Waals surface area contributed by atoms with E-state index in [1.54, 1.807) is 0 Å². The van der Waals surface area contributed by atoms with Crippen molar-refractivity contribution in [2.45, 2.75) is 69.1 Å². The number of ether oxygens (including phenoxy) is 3. The molecule has 0 aromatic heterocycles. The van der Waals surface area contributed by atoms with E-state index in [1.165, 1.54) is 22.3 Å². The molecule has 1 N–H and O–H groups in total. The van der Waals surface area contributed by atoms with Gasteiger partial charge in [-0.1, -0.05) is 60.7 Å². The van der Waals surface area contributed by atoms with Crippen LogP contribution in [0.1, 0.15) is 62.5 Å². The molecule has 2 heterocycles. The Morgan fingerprint density at radius 1 is 0.872 bits per heavy atom. The van der Waals surface area contributed by atoms with Gasteiger partial charge in [-0.25, -0.2) is 4.79 Å². The second-order valence-corrected chi connectivity index (χ2v) is 11.1. The predicted molar refractivity (Wildman–Crippen MR) is 150 cm³/mol. The number of carbonyl (C=O) groups is 1. The molecule has 0 saturated carbocycles. The van der Waals surface area contributed by atoms with Crippen molar-refractivity contribution < 1.29 is 24.1 Å². The third kappa shape index (κ3) is 5.10. The zero-order valence-corrected chi connectivity index (χ0v) is 22.6. The van der Waals surface area contributed by atoms with E-state index in [9.17, 15) is 9.90 Å². The van der Waals surface area contributed by atoms with E-state index >= 15 is 0 Å². The minimum Gasteiger partial charge on any atom is -0.490 e. The Bertz CT molecular complexity index is 1260. The molecule has 3 aliphatic rings. The summed E-state index contributed by atoms with van der Waals surface area (Å²) in [5.74, 6) is 1.45. The zero-order valence-electron chi connectivity index (χ0n) is 22.6. The van der Waals surface area contributed by atoms with Gasteiger partial charge in [0.2, 0.25) is 0 Å². The van der Waals surface area contributed by atoms with Crippen LogP contribution in [0.2, 0.25) is 0 Å². The van der Waals surface area contributed by atoms with Gasteiger partial charge in [0.1, 0.15) is 6.61 Å². The van der Waals surface area contributed by atoms with Crippen LogP contribution in [0.5, 0.6) is 11.5 Å². The predicted octanol–water partition coefficient (Wildman–Crippen LogP) is 6.55. The molecule has 3 aromatic carbocycles. The lowest BCUT2D eigenvalue weighted by Gasteiger charge is -2.51. The Morgan fingerprint density at radius 3 is 2.05 bits per heavy atom. The van der Waals surface area contributed by atoms with Gasteiger partial charge >= 0.3 is 6.09 Å². The molecule has 2 atom stereocenters. The Kier molecular flexibility index (Phi) is 7.22. The second kappa shape index (κ2) is 10.9. The molecule has 2 unspecified atom stereocenters. The number of hydrogen-bond acceptors (Lipinski definition) is 5. The third-order valence-electron chi connectivity index (χ3n) is 8.61. The number of fused-ring (bicyclic) bond motifs is 5. The van der Waals surface area contributed by atoms with Crippen LogP contribution in [0, 0.1) is 0 Å². The molecule has 2 saturated heterocycles. The van der Waals surface area contributed by atoms with Crippen molar-refractivity contribution in [3.05, 3.63) is 83.9 Å². The molecule has 2 bridgehead atoms. The van der Waals surface area contributed by atoms with E-state index in [0.29, 0.717) is 50.6 Å². The smallest absolute Gasteiger partial charge is 0.410 e. The van der Waals surface area contributed by atoms with Gasteiger partial charge in [-0.2, -0.15) is 0 Å². The van der Waals surface area contributed by atoms with Crippen molar-refractivity contribution in [1.82, 2.24) is 4.90 Å². The molecule has 6 heteroatoms. The number of benzene rings is 3. The van der Waals surface area contributed by atoms with Crippen molar-refractivity contribution >= 4 is 6.09 Å². The van der Waals surface area contributed by atoms with Crippen LogP contribution >= 0.6 is 0 Å². The summed E-state index contributed by atoms with van der Waals surface area (Å²) < 4.78 is 17.7. The molecule has 39 heavy (non-hydrogen) atoms. The van der Waals surface area contributed by atoms with Crippen LogP contribution in [0.3, 0.4) is 0 Å². The third-order valence-corrected chi connectivity index (χ3v) is 8.61. The van der Waals surface area contributed by atoms with Crippen molar-refractivity contribution in [3.63, 3.8) is 0 Å². The average molecular weight is 528 g/mol. The Labute approximate surface area is 230 Å². The summed E-state index contributed by atoms with van der Waals surface area (Å²) in [5.41, 5.74) is 4.01. The maximum absolute atomic E-state index is 13.5. The fraction of sp³-hybridized carbons (Fsp3) is 0.424. The Hall–Kier alpha value is -3.51. The van der Waals surface area contributed by atoms with Gasteiger partial charge in [-0.15, -0.1) is 0 Å². The SMILES string of the molecule is CCOc1ccccc1OCCC1(O)CC2CCCC(C1)N2C(=O)OCC1c2ccccc2-c2ccccc21. The lowest BCUT2D eigenvalue weighted by molar-refractivity contribution is -0.0924. The first kappa shape index (κ1) is 25.8. The molecule has 3 aromatic rings. The summed E-state index contributed by atoms with van der Waals surface area (Å²) in [7, 11) is 0. The monoisotopic (exact) mass is 527 g/mol. The van der Waals surface area contributed by atoms with E-state index in [2.05, 4.69) is 48.5 Å². The lowest BCUT2D eigenvalue weighted by atomic mass is 9.74. The maximum atomic E-state index is 13.5. The maximum Gasteiger partial charge on any atom is 0.410 e. The number of carbonyl (C=O) groups excluding carboxylic acids is 1. The van der Waals surface area contributed by atoms with Crippen LogP contribution in [0.15, 0.2) is 72.8 Å². The number of nitrogens with zero attached hydrogens (tertiary/aromatic N) is 1. The molecule has 1 amide bonds. The molecule has 204 valence electrons. The summed E-state index contributed by atoms with van der Waals surface area (Å²) in [6, 6.07) is 24.4. The summed E-state index contributed by atoms with van der Waals surface area (Å²) in [6.45, 7) is 3.23. The Balaban J connectivity index is 1.09. The molecular weight excluding hydrogens is 490 g/mol. The standard InChI is InChI=1S/C33H37NO5/c1-2-37-30-16-7-8-17-31(30)38-19-18-33(36)20-23-10-9-11-24(21-33)34(23)32(35)39-22-29-27-14-5-3-12-25(27)26-13-4-6-15-28(26)29/h3-8,12-17,23-24,29,36H,2,9-11,18-22H2,1H3. The van der Waals surface area contributed by atoms with Crippen LogP contribution in [-0.2, 0) is 4.74 Å². The van der Waals surface area contributed by atoms with Gasteiger partial charge in [-0.3, -0.25) is 0 Å². The number of rotatable bonds is 8. The fourth-order valence-corrected chi connectivity index (χ4v) is 6.89.